The second-order valence-corrected chi connectivity index (χ2v) is 5.74. The highest BCUT2D eigenvalue weighted by Gasteiger charge is 2.05. The number of carbonyl (C=O) groups is 2. The van der Waals surface area contributed by atoms with Gasteiger partial charge in [-0.15, -0.1) is 0 Å². The Morgan fingerprint density at radius 3 is 2.15 bits per heavy atom. The van der Waals surface area contributed by atoms with Gasteiger partial charge in [0, 0.05) is 24.9 Å². The summed E-state index contributed by atoms with van der Waals surface area (Å²) in [6.45, 7) is 0.414. The molecule has 0 aliphatic carbocycles. The fourth-order valence-corrected chi connectivity index (χ4v) is 2.32. The minimum atomic E-state index is -0.253. The smallest absolute Gasteiger partial charge is 0.250 e. The van der Waals surface area contributed by atoms with Crippen molar-refractivity contribution in [1.82, 2.24) is 0 Å². The highest BCUT2D eigenvalue weighted by atomic mass is 16.5. The van der Waals surface area contributed by atoms with Crippen LogP contribution in [0.3, 0.4) is 0 Å². The fraction of sp³-hybridized carbons (Fsp3) is 0.300. The van der Waals surface area contributed by atoms with Crippen molar-refractivity contribution < 1.29 is 23.8 Å². The first-order valence-electron chi connectivity index (χ1n) is 8.56. The van der Waals surface area contributed by atoms with Crippen LogP contribution in [0.2, 0.25) is 0 Å². The molecule has 27 heavy (non-hydrogen) atoms. The Balaban J connectivity index is 1.72. The Morgan fingerprint density at radius 1 is 0.889 bits per heavy atom. The zero-order valence-electron chi connectivity index (χ0n) is 15.5. The van der Waals surface area contributed by atoms with Gasteiger partial charge in [-0.3, -0.25) is 9.59 Å². The molecule has 2 rings (SSSR count). The third kappa shape index (κ3) is 7.37. The molecule has 144 valence electrons. The van der Waals surface area contributed by atoms with E-state index in [2.05, 4.69) is 10.6 Å². The van der Waals surface area contributed by atoms with Crippen LogP contribution in [-0.4, -0.2) is 39.2 Å². The van der Waals surface area contributed by atoms with Crippen LogP contribution >= 0.6 is 0 Å². The van der Waals surface area contributed by atoms with Crippen molar-refractivity contribution >= 4 is 23.2 Å². The summed E-state index contributed by atoms with van der Waals surface area (Å²) in [5.74, 6) is 1.13. The Bertz CT molecular complexity index is 746. The van der Waals surface area contributed by atoms with E-state index in [4.69, 9.17) is 14.2 Å². The summed E-state index contributed by atoms with van der Waals surface area (Å²) in [4.78, 5) is 23.6. The number of anilines is 2. The van der Waals surface area contributed by atoms with Crippen LogP contribution in [-0.2, 0) is 14.3 Å². The lowest BCUT2D eigenvalue weighted by molar-refractivity contribution is -0.119. The third-order valence-corrected chi connectivity index (χ3v) is 3.58. The van der Waals surface area contributed by atoms with Gasteiger partial charge in [0.1, 0.15) is 18.1 Å². The standard InChI is InChI=1S/C20H24N2O5/c1-25-14-20(24)22-16-6-3-5-15(13-16)21-19(23)7-4-12-27-18-10-8-17(26-2)9-11-18/h3,5-6,8-11,13H,4,7,12,14H2,1-2H3,(H,21,23)(H,22,24). The number of amides is 2. The van der Waals surface area contributed by atoms with Gasteiger partial charge < -0.3 is 24.8 Å². The maximum atomic E-state index is 12.1. The van der Waals surface area contributed by atoms with Gasteiger partial charge in [-0.2, -0.15) is 0 Å². The van der Waals surface area contributed by atoms with Crippen LogP contribution in [0.5, 0.6) is 11.5 Å². The number of benzene rings is 2. The molecule has 2 aromatic rings. The molecule has 0 heterocycles. The van der Waals surface area contributed by atoms with Crippen molar-refractivity contribution in [3.63, 3.8) is 0 Å². The zero-order valence-corrected chi connectivity index (χ0v) is 15.5. The van der Waals surface area contributed by atoms with Crippen LogP contribution in [0.4, 0.5) is 11.4 Å². The summed E-state index contributed by atoms with van der Waals surface area (Å²) >= 11 is 0. The molecule has 2 aromatic carbocycles. The highest BCUT2D eigenvalue weighted by Crippen LogP contribution is 2.18. The number of carbonyl (C=O) groups excluding carboxylic acids is 2. The van der Waals surface area contributed by atoms with E-state index in [0.29, 0.717) is 30.8 Å². The average Bonchev–Trinajstić information content (AvgIpc) is 2.66. The lowest BCUT2D eigenvalue weighted by atomic mass is 10.2. The van der Waals surface area contributed by atoms with Crippen LogP contribution in [0.25, 0.3) is 0 Å². The van der Waals surface area contributed by atoms with Gasteiger partial charge in [0.2, 0.25) is 11.8 Å². The van der Waals surface area contributed by atoms with E-state index in [1.165, 1.54) is 7.11 Å². The predicted molar refractivity (Wildman–Crippen MR) is 103 cm³/mol. The normalized spacial score (nSPS) is 10.1. The van der Waals surface area contributed by atoms with Gasteiger partial charge in [0.25, 0.3) is 0 Å². The predicted octanol–water partition coefficient (Wildman–Crippen LogP) is 3.08. The van der Waals surface area contributed by atoms with E-state index in [1.807, 2.05) is 24.3 Å². The molecule has 0 aliphatic heterocycles. The number of hydrogen-bond donors (Lipinski definition) is 2. The van der Waals surface area contributed by atoms with Crippen molar-refractivity contribution in [3.05, 3.63) is 48.5 Å². The molecule has 0 radical (unpaired) electrons. The monoisotopic (exact) mass is 372 g/mol. The number of rotatable bonds is 10. The Kier molecular flexibility index (Phi) is 8.12. The zero-order chi connectivity index (χ0) is 19.5. The Hall–Kier alpha value is -3.06. The SMILES string of the molecule is COCC(=O)Nc1cccc(NC(=O)CCCOc2ccc(OC)cc2)c1. The Morgan fingerprint density at radius 2 is 1.52 bits per heavy atom. The maximum absolute atomic E-state index is 12.1. The fourth-order valence-electron chi connectivity index (χ4n) is 2.32. The minimum Gasteiger partial charge on any atom is -0.497 e. The van der Waals surface area contributed by atoms with Gasteiger partial charge >= 0.3 is 0 Å². The first-order chi connectivity index (χ1) is 13.1. The topological polar surface area (TPSA) is 85.9 Å². The van der Waals surface area contributed by atoms with E-state index < -0.39 is 0 Å². The average molecular weight is 372 g/mol. The molecule has 0 unspecified atom stereocenters. The Labute approximate surface area is 158 Å². The maximum Gasteiger partial charge on any atom is 0.250 e. The van der Waals surface area contributed by atoms with E-state index in [9.17, 15) is 9.59 Å². The molecule has 0 bridgehead atoms. The van der Waals surface area contributed by atoms with Crippen molar-refractivity contribution in [2.75, 3.05) is 38.1 Å². The van der Waals surface area contributed by atoms with Crippen LogP contribution in [0.1, 0.15) is 12.8 Å². The molecule has 2 N–H and O–H groups in total. The largest absolute Gasteiger partial charge is 0.497 e. The minimum absolute atomic E-state index is 0.0230. The molecule has 7 heteroatoms. The summed E-state index contributed by atoms with van der Waals surface area (Å²) in [6.07, 6.45) is 0.915. The highest BCUT2D eigenvalue weighted by molar-refractivity contribution is 5.94. The van der Waals surface area contributed by atoms with Gasteiger partial charge in [-0.25, -0.2) is 0 Å². The molecule has 0 fully saturated rings. The molecule has 7 nitrogen and oxygen atoms in total. The number of nitrogens with one attached hydrogen (secondary N) is 2. The molecule has 0 spiro atoms. The second-order valence-electron chi connectivity index (χ2n) is 5.74. The third-order valence-electron chi connectivity index (χ3n) is 3.58. The van der Waals surface area contributed by atoms with Gasteiger partial charge in [0.05, 0.1) is 13.7 Å². The summed E-state index contributed by atoms with van der Waals surface area (Å²) in [7, 11) is 3.06. The lowest BCUT2D eigenvalue weighted by Gasteiger charge is -2.09. The van der Waals surface area contributed by atoms with E-state index in [0.717, 1.165) is 11.5 Å². The summed E-state index contributed by atoms with van der Waals surface area (Å²) < 4.78 is 15.5. The van der Waals surface area contributed by atoms with Crippen molar-refractivity contribution in [2.24, 2.45) is 0 Å². The molecule has 0 aromatic heterocycles. The van der Waals surface area contributed by atoms with E-state index >= 15 is 0 Å². The molecule has 0 aliphatic rings. The van der Waals surface area contributed by atoms with Crippen molar-refractivity contribution in [3.8, 4) is 11.5 Å². The van der Waals surface area contributed by atoms with Crippen molar-refractivity contribution in [2.45, 2.75) is 12.8 Å². The van der Waals surface area contributed by atoms with E-state index in [1.54, 1.807) is 31.4 Å². The van der Waals surface area contributed by atoms with Gasteiger partial charge in [0.15, 0.2) is 0 Å². The van der Waals surface area contributed by atoms with Gasteiger partial charge in [-0.1, -0.05) is 6.07 Å². The second kappa shape index (κ2) is 10.8. The quantitative estimate of drug-likeness (QED) is 0.626. The molecule has 0 atom stereocenters. The van der Waals surface area contributed by atoms with E-state index in [-0.39, 0.29) is 18.4 Å². The lowest BCUT2D eigenvalue weighted by Crippen LogP contribution is -2.17. The molecule has 0 saturated heterocycles. The summed E-state index contributed by atoms with van der Waals surface area (Å²) in [6, 6.07) is 14.2. The first kappa shape index (κ1) is 20.3. The van der Waals surface area contributed by atoms with Crippen LogP contribution in [0.15, 0.2) is 48.5 Å². The molecule has 2 amide bonds. The molecule has 0 saturated carbocycles. The number of ether oxygens (including phenoxy) is 3. The first-order valence-corrected chi connectivity index (χ1v) is 8.56. The van der Waals surface area contributed by atoms with Gasteiger partial charge in [-0.05, 0) is 48.9 Å². The van der Waals surface area contributed by atoms with Crippen LogP contribution in [0, 0.1) is 0 Å². The summed E-state index contributed by atoms with van der Waals surface area (Å²) in [5, 5.41) is 5.50. The summed E-state index contributed by atoms with van der Waals surface area (Å²) in [5.41, 5.74) is 1.21. The van der Waals surface area contributed by atoms with Crippen molar-refractivity contribution in [1.29, 1.82) is 0 Å². The van der Waals surface area contributed by atoms with Crippen LogP contribution < -0.4 is 20.1 Å². The number of hydrogen-bond acceptors (Lipinski definition) is 5. The molecular formula is C20H24N2O5. The number of methoxy groups -OCH3 is 2. The molecular weight excluding hydrogens is 348 g/mol.